The standard InChI is InChI=1S/C39H40Cl2N6O3/c1-47-22-23(7-3-8-24-15-19-34(48)43-24)26-17-18-31(45-38(26)47)29-12-5-10-27(36(29)40)28-11-6-13-30(37(28)41)33-21-42-32(39(46-33)50-2)14-4-9-25-16-20-35(49)44-25/h5-6,10-13,17-18,21-22,24-25H,3-4,7-9,14-16,19-20H2,1-2H3,(H,43,48)(H,44,49)/t24-,25-/m1/s1. The van der Waals surface area contributed by atoms with Gasteiger partial charge in [0.1, 0.15) is 11.3 Å². The largest absolute Gasteiger partial charge is 0.480 e. The van der Waals surface area contributed by atoms with E-state index in [-0.39, 0.29) is 23.9 Å². The molecule has 2 aliphatic heterocycles. The molecule has 5 aromatic rings. The smallest absolute Gasteiger partial charge is 0.235 e. The fourth-order valence-corrected chi connectivity index (χ4v) is 7.91. The fraction of sp³-hybridized carbons (Fsp3) is 0.359. The third kappa shape index (κ3) is 7.07. The number of rotatable bonds is 12. The Labute approximate surface area is 301 Å². The second kappa shape index (κ2) is 14.8. The number of halogens is 2. The van der Waals surface area contributed by atoms with Crippen molar-refractivity contribution >= 4 is 46.0 Å². The number of carbonyl (C=O) groups is 2. The summed E-state index contributed by atoms with van der Waals surface area (Å²) in [6, 6.07) is 16.4. The summed E-state index contributed by atoms with van der Waals surface area (Å²) in [7, 11) is 3.61. The number of amides is 2. The highest BCUT2D eigenvalue weighted by Crippen LogP contribution is 2.42. The van der Waals surface area contributed by atoms with Gasteiger partial charge in [0.25, 0.3) is 0 Å². The van der Waals surface area contributed by atoms with E-state index in [9.17, 15) is 9.59 Å². The first kappa shape index (κ1) is 34.0. The Bertz CT molecular complexity index is 2080. The maximum Gasteiger partial charge on any atom is 0.235 e. The predicted octanol–water partition coefficient (Wildman–Crippen LogP) is 7.88. The Morgan fingerprint density at radius 3 is 2.00 bits per heavy atom. The van der Waals surface area contributed by atoms with Gasteiger partial charge < -0.3 is 19.9 Å². The molecule has 2 saturated heterocycles. The molecule has 50 heavy (non-hydrogen) atoms. The van der Waals surface area contributed by atoms with Crippen molar-refractivity contribution in [1.29, 1.82) is 0 Å². The molecule has 258 valence electrons. The van der Waals surface area contributed by atoms with Gasteiger partial charge in [-0.2, -0.15) is 0 Å². The van der Waals surface area contributed by atoms with E-state index in [2.05, 4.69) is 27.5 Å². The zero-order valence-electron chi connectivity index (χ0n) is 28.3. The van der Waals surface area contributed by atoms with Crippen molar-refractivity contribution in [1.82, 2.24) is 30.2 Å². The monoisotopic (exact) mass is 710 g/mol. The number of pyridine rings is 1. The van der Waals surface area contributed by atoms with Crippen LogP contribution in [0.1, 0.15) is 62.6 Å². The quantitative estimate of drug-likeness (QED) is 0.136. The van der Waals surface area contributed by atoms with Crippen LogP contribution in [-0.2, 0) is 29.5 Å². The normalized spacial score (nSPS) is 17.4. The lowest BCUT2D eigenvalue weighted by molar-refractivity contribution is -0.120. The van der Waals surface area contributed by atoms with Crippen molar-refractivity contribution in [3.63, 3.8) is 0 Å². The molecule has 0 unspecified atom stereocenters. The number of nitrogens with one attached hydrogen (secondary N) is 2. The minimum Gasteiger partial charge on any atom is -0.480 e. The van der Waals surface area contributed by atoms with E-state index in [0.29, 0.717) is 40.9 Å². The molecule has 2 N–H and O–H groups in total. The van der Waals surface area contributed by atoms with Crippen molar-refractivity contribution in [3.05, 3.63) is 82.2 Å². The average molecular weight is 712 g/mol. The molecule has 2 amide bonds. The molecule has 0 radical (unpaired) electrons. The predicted molar refractivity (Wildman–Crippen MR) is 197 cm³/mol. The molecule has 0 spiro atoms. The van der Waals surface area contributed by atoms with Crippen LogP contribution in [0.2, 0.25) is 10.0 Å². The van der Waals surface area contributed by atoms with Gasteiger partial charge in [-0.1, -0.05) is 59.6 Å². The van der Waals surface area contributed by atoms with Gasteiger partial charge in [0.05, 0.1) is 34.7 Å². The molecule has 7 rings (SSSR count). The zero-order valence-corrected chi connectivity index (χ0v) is 29.8. The number of benzene rings is 2. The van der Waals surface area contributed by atoms with E-state index >= 15 is 0 Å². The summed E-state index contributed by atoms with van der Waals surface area (Å²) in [5.41, 5.74) is 7.42. The van der Waals surface area contributed by atoms with Crippen LogP contribution in [0.3, 0.4) is 0 Å². The average Bonchev–Trinajstić information content (AvgIpc) is 3.83. The minimum absolute atomic E-state index is 0.128. The first-order valence-electron chi connectivity index (χ1n) is 17.3. The molecule has 11 heteroatoms. The van der Waals surface area contributed by atoms with Crippen LogP contribution in [0.15, 0.2) is 60.9 Å². The third-order valence-corrected chi connectivity index (χ3v) is 10.7. The number of aryl methyl sites for hydroxylation is 3. The summed E-state index contributed by atoms with van der Waals surface area (Å²) < 4.78 is 7.71. The second-order valence-electron chi connectivity index (χ2n) is 13.3. The molecule has 2 fully saturated rings. The number of hydrogen-bond acceptors (Lipinski definition) is 6. The highest BCUT2D eigenvalue weighted by molar-refractivity contribution is 6.39. The van der Waals surface area contributed by atoms with Gasteiger partial charge in [-0.3, -0.25) is 14.6 Å². The number of methoxy groups -OCH3 is 1. The second-order valence-corrected chi connectivity index (χ2v) is 14.0. The van der Waals surface area contributed by atoms with Crippen molar-refractivity contribution in [2.75, 3.05) is 7.11 Å². The van der Waals surface area contributed by atoms with Crippen LogP contribution < -0.4 is 15.4 Å². The van der Waals surface area contributed by atoms with E-state index in [1.165, 1.54) is 5.56 Å². The minimum atomic E-state index is 0.128. The number of carbonyl (C=O) groups excluding carboxylic acids is 2. The SMILES string of the molecule is COc1nc(-c2cccc(-c3cccc(-c4ccc5c(CCC[C@@H]6CCC(=O)N6)cn(C)c5n4)c3Cl)c2Cl)cnc1CCC[C@@H]1CCC(=O)N1. The van der Waals surface area contributed by atoms with E-state index in [4.69, 9.17) is 42.9 Å². The van der Waals surface area contributed by atoms with Crippen LogP contribution in [0.25, 0.3) is 44.7 Å². The van der Waals surface area contributed by atoms with Crippen LogP contribution in [0, 0.1) is 0 Å². The Morgan fingerprint density at radius 1 is 0.800 bits per heavy atom. The van der Waals surface area contributed by atoms with Gasteiger partial charge in [-0.25, -0.2) is 9.97 Å². The zero-order chi connectivity index (χ0) is 34.8. The van der Waals surface area contributed by atoms with Crippen molar-refractivity contribution in [2.24, 2.45) is 7.05 Å². The third-order valence-electron chi connectivity index (χ3n) is 9.88. The van der Waals surface area contributed by atoms with Gasteiger partial charge in [0.2, 0.25) is 17.7 Å². The maximum absolute atomic E-state index is 11.6. The lowest BCUT2D eigenvalue weighted by Gasteiger charge is -2.15. The maximum atomic E-state index is 11.6. The number of fused-ring (bicyclic) bond motifs is 1. The van der Waals surface area contributed by atoms with Gasteiger partial charge in [-0.05, 0) is 69.1 Å². The molecule has 5 heterocycles. The number of ether oxygens (including phenoxy) is 1. The molecule has 2 aliphatic rings. The Balaban J connectivity index is 1.11. The Morgan fingerprint density at radius 2 is 1.40 bits per heavy atom. The molecule has 3 aromatic heterocycles. The Kier molecular flexibility index (Phi) is 10.1. The molecule has 9 nitrogen and oxygen atoms in total. The molecular weight excluding hydrogens is 671 g/mol. The fourth-order valence-electron chi connectivity index (χ4n) is 7.26. The first-order chi connectivity index (χ1) is 24.3. The van der Waals surface area contributed by atoms with Crippen molar-refractivity contribution < 1.29 is 14.3 Å². The van der Waals surface area contributed by atoms with Gasteiger partial charge in [-0.15, -0.1) is 0 Å². The molecule has 0 bridgehead atoms. The molecule has 0 aliphatic carbocycles. The summed E-state index contributed by atoms with van der Waals surface area (Å²) in [4.78, 5) is 37.7. The number of aromatic nitrogens is 4. The van der Waals surface area contributed by atoms with Gasteiger partial charge in [0, 0.05) is 65.8 Å². The molecule has 2 aromatic carbocycles. The summed E-state index contributed by atoms with van der Waals surface area (Å²) in [6.45, 7) is 0. The summed E-state index contributed by atoms with van der Waals surface area (Å²) in [5.74, 6) is 0.755. The molecular formula is C39H40Cl2N6O3. The number of nitrogens with zero attached hydrogens (tertiary/aromatic N) is 4. The van der Waals surface area contributed by atoms with Crippen LogP contribution in [0.4, 0.5) is 0 Å². The highest BCUT2D eigenvalue weighted by atomic mass is 35.5. The van der Waals surface area contributed by atoms with Crippen molar-refractivity contribution in [2.45, 2.75) is 76.3 Å². The van der Waals surface area contributed by atoms with Crippen LogP contribution >= 0.6 is 23.2 Å². The van der Waals surface area contributed by atoms with E-state index < -0.39 is 0 Å². The lowest BCUT2D eigenvalue weighted by Crippen LogP contribution is -2.25. The highest BCUT2D eigenvalue weighted by Gasteiger charge is 2.23. The summed E-state index contributed by atoms with van der Waals surface area (Å²) in [5, 5.41) is 8.29. The van der Waals surface area contributed by atoms with Crippen molar-refractivity contribution in [3.8, 4) is 39.5 Å². The molecule has 0 saturated carbocycles. The van der Waals surface area contributed by atoms with E-state index in [0.717, 1.165) is 89.6 Å². The van der Waals surface area contributed by atoms with Gasteiger partial charge >= 0.3 is 0 Å². The first-order valence-corrected chi connectivity index (χ1v) is 18.1. The van der Waals surface area contributed by atoms with Crippen LogP contribution in [-0.4, -0.2) is 50.5 Å². The van der Waals surface area contributed by atoms with E-state index in [1.807, 2.05) is 49.5 Å². The van der Waals surface area contributed by atoms with Gasteiger partial charge in [0.15, 0.2) is 0 Å². The summed E-state index contributed by atoms with van der Waals surface area (Å²) in [6.07, 6.45) is 12.3. The summed E-state index contributed by atoms with van der Waals surface area (Å²) >= 11 is 14.3. The van der Waals surface area contributed by atoms with E-state index in [1.54, 1.807) is 13.3 Å². The number of hydrogen-bond donors (Lipinski definition) is 2. The molecule has 2 atom stereocenters. The Hall–Kier alpha value is -4.47. The topological polar surface area (TPSA) is 111 Å². The lowest BCUT2D eigenvalue weighted by atomic mass is 9.98. The van der Waals surface area contributed by atoms with Crippen LogP contribution in [0.5, 0.6) is 5.88 Å².